The number of para-hydroxylation sites is 1. The lowest BCUT2D eigenvalue weighted by molar-refractivity contribution is -0.114. The largest absolute Gasteiger partial charge is 0.374 e. The lowest BCUT2D eigenvalue weighted by atomic mass is 10.3. The molecule has 0 aliphatic heterocycles. The molecule has 0 bridgehead atoms. The summed E-state index contributed by atoms with van der Waals surface area (Å²) in [4.78, 5) is 11.6. The van der Waals surface area contributed by atoms with Crippen LogP contribution in [0.1, 0.15) is 0 Å². The Kier molecular flexibility index (Phi) is 4.24. The number of nitrogens with one attached hydrogen (secondary N) is 2. The van der Waals surface area contributed by atoms with Crippen molar-refractivity contribution in [1.29, 1.82) is 0 Å². The standard InChI is InChI=1S/C14H11F3N2O/c15-9-5-6-12(11(17)7-9)18-8-14(20)19-13-4-2-1-3-10(13)16/h1-7,18H,8H2,(H,19,20). The first-order chi connectivity index (χ1) is 9.56. The maximum atomic E-state index is 13.3. The Balaban J connectivity index is 1.94. The van der Waals surface area contributed by atoms with Crippen molar-refractivity contribution >= 4 is 17.3 Å². The molecule has 0 radical (unpaired) electrons. The molecule has 1 amide bonds. The zero-order chi connectivity index (χ0) is 14.5. The van der Waals surface area contributed by atoms with Crippen molar-refractivity contribution in [2.24, 2.45) is 0 Å². The Morgan fingerprint density at radius 3 is 2.40 bits per heavy atom. The van der Waals surface area contributed by atoms with Gasteiger partial charge in [-0.25, -0.2) is 13.2 Å². The van der Waals surface area contributed by atoms with Gasteiger partial charge in [0.1, 0.15) is 17.5 Å². The molecule has 3 nitrogen and oxygen atoms in total. The van der Waals surface area contributed by atoms with Crippen molar-refractivity contribution in [3.05, 3.63) is 59.9 Å². The molecule has 0 aromatic heterocycles. The van der Waals surface area contributed by atoms with Gasteiger partial charge in [0.05, 0.1) is 17.9 Å². The Morgan fingerprint density at radius 2 is 1.70 bits per heavy atom. The van der Waals surface area contributed by atoms with Crippen LogP contribution in [0.4, 0.5) is 24.5 Å². The summed E-state index contributed by atoms with van der Waals surface area (Å²) >= 11 is 0. The maximum Gasteiger partial charge on any atom is 0.243 e. The molecular weight excluding hydrogens is 269 g/mol. The molecule has 0 aliphatic carbocycles. The van der Waals surface area contributed by atoms with E-state index in [4.69, 9.17) is 0 Å². The average Bonchev–Trinajstić information content (AvgIpc) is 2.40. The quantitative estimate of drug-likeness (QED) is 0.903. The van der Waals surface area contributed by atoms with Crippen molar-refractivity contribution in [3.63, 3.8) is 0 Å². The molecule has 0 aliphatic rings. The summed E-state index contributed by atoms with van der Waals surface area (Å²) in [6.45, 7) is -0.267. The highest BCUT2D eigenvalue weighted by Gasteiger charge is 2.08. The highest BCUT2D eigenvalue weighted by Crippen LogP contribution is 2.15. The molecule has 2 rings (SSSR count). The van der Waals surface area contributed by atoms with Crippen molar-refractivity contribution in [2.45, 2.75) is 0 Å². The molecular formula is C14H11F3N2O. The van der Waals surface area contributed by atoms with Crippen LogP contribution in [0.25, 0.3) is 0 Å². The number of halogens is 3. The van der Waals surface area contributed by atoms with Crippen LogP contribution in [-0.4, -0.2) is 12.5 Å². The van der Waals surface area contributed by atoms with E-state index in [0.29, 0.717) is 6.07 Å². The summed E-state index contributed by atoms with van der Waals surface area (Å²) < 4.78 is 39.3. The second-order valence-corrected chi connectivity index (χ2v) is 4.01. The van der Waals surface area contributed by atoms with E-state index in [-0.39, 0.29) is 17.9 Å². The van der Waals surface area contributed by atoms with E-state index in [2.05, 4.69) is 10.6 Å². The van der Waals surface area contributed by atoms with Gasteiger partial charge in [-0.05, 0) is 24.3 Å². The molecule has 2 aromatic rings. The van der Waals surface area contributed by atoms with Crippen LogP contribution < -0.4 is 10.6 Å². The predicted octanol–water partition coefficient (Wildman–Crippen LogP) is 3.15. The highest BCUT2D eigenvalue weighted by atomic mass is 19.1. The monoisotopic (exact) mass is 280 g/mol. The lowest BCUT2D eigenvalue weighted by Gasteiger charge is -2.09. The number of carbonyl (C=O) groups excluding carboxylic acids is 1. The number of benzene rings is 2. The van der Waals surface area contributed by atoms with Crippen LogP contribution in [0.5, 0.6) is 0 Å². The van der Waals surface area contributed by atoms with E-state index in [1.807, 2.05) is 0 Å². The van der Waals surface area contributed by atoms with E-state index in [1.54, 1.807) is 6.07 Å². The first-order valence-corrected chi connectivity index (χ1v) is 5.79. The van der Waals surface area contributed by atoms with Crippen LogP contribution in [-0.2, 0) is 4.79 Å². The molecule has 0 unspecified atom stereocenters. The third kappa shape index (κ3) is 3.50. The van der Waals surface area contributed by atoms with E-state index in [0.717, 1.165) is 6.07 Å². The third-order valence-electron chi connectivity index (χ3n) is 2.52. The van der Waals surface area contributed by atoms with Gasteiger partial charge in [-0.2, -0.15) is 0 Å². The summed E-state index contributed by atoms with van der Waals surface area (Å²) in [6.07, 6.45) is 0. The van der Waals surface area contributed by atoms with Crippen LogP contribution in [0.2, 0.25) is 0 Å². The fourth-order valence-electron chi connectivity index (χ4n) is 1.57. The van der Waals surface area contributed by atoms with Gasteiger partial charge in [0.25, 0.3) is 0 Å². The zero-order valence-electron chi connectivity index (χ0n) is 10.3. The first-order valence-electron chi connectivity index (χ1n) is 5.79. The van der Waals surface area contributed by atoms with E-state index in [1.165, 1.54) is 24.3 Å². The minimum absolute atomic E-state index is 0.00455. The van der Waals surface area contributed by atoms with Crippen molar-refractivity contribution < 1.29 is 18.0 Å². The highest BCUT2D eigenvalue weighted by molar-refractivity contribution is 5.93. The second kappa shape index (κ2) is 6.10. The van der Waals surface area contributed by atoms with Crippen molar-refractivity contribution in [2.75, 3.05) is 17.2 Å². The van der Waals surface area contributed by atoms with Crippen LogP contribution in [0, 0.1) is 17.5 Å². The van der Waals surface area contributed by atoms with Gasteiger partial charge in [0.2, 0.25) is 5.91 Å². The number of hydrogen-bond donors (Lipinski definition) is 2. The minimum atomic E-state index is -0.802. The van der Waals surface area contributed by atoms with Gasteiger partial charge in [-0.3, -0.25) is 4.79 Å². The van der Waals surface area contributed by atoms with E-state index < -0.39 is 23.4 Å². The molecule has 20 heavy (non-hydrogen) atoms. The molecule has 0 saturated carbocycles. The average molecular weight is 280 g/mol. The predicted molar refractivity (Wildman–Crippen MR) is 69.9 cm³/mol. The van der Waals surface area contributed by atoms with Gasteiger partial charge in [0, 0.05) is 6.07 Å². The molecule has 2 N–H and O–H groups in total. The molecule has 0 spiro atoms. The molecule has 0 fully saturated rings. The Morgan fingerprint density at radius 1 is 0.950 bits per heavy atom. The first kappa shape index (κ1) is 13.9. The Hall–Kier alpha value is -2.50. The normalized spacial score (nSPS) is 10.2. The fourth-order valence-corrected chi connectivity index (χ4v) is 1.57. The van der Waals surface area contributed by atoms with E-state index >= 15 is 0 Å². The molecule has 0 saturated heterocycles. The number of anilines is 2. The van der Waals surface area contributed by atoms with Crippen LogP contribution in [0.3, 0.4) is 0 Å². The second-order valence-electron chi connectivity index (χ2n) is 4.01. The molecule has 0 atom stereocenters. The number of hydrogen-bond acceptors (Lipinski definition) is 2. The van der Waals surface area contributed by atoms with Crippen LogP contribution >= 0.6 is 0 Å². The lowest BCUT2D eigenvalue weighted by Crippen LogP contribution is -2.22. The van der Waals surface area contributed by atoms with Crippen molar-refractivity contribution in [1.82, 2.24) is 0 Å². The van der Waals surface area contributed by atoms with Gasteiger partial charge < -0.3 is 10.6 Å². The number of rotatable bonds is 4. The van der Waals surface area contributed by atoms with Gasteiger partial charge >= 0.3 is 0 Å². The minimum Gasteiger partial charge on any atom is -0.374 e. The maximum absolute atomic E-state index is 13.3. The zero-order valence-corrected chi connectivity index (χ0v) is 10.3. The molecule has 2 aromatic carbocycles. The summed E-state index contributed by atoms with van der Waals surface area (Å²) in [5, 5.41) is 4.84. The molecule has 104 valence electrons. The topological polar surface area (TPSA) is 41.1 Å². The molecule has 6 heteroatoms. The van der Waals surface area contributed by atoms with Crippen LogP contribution in [0.15, 0.2) is 42.5 Å². The number of carbonyl (C=O) groups is 1. The van der Waals surface area contributed by atoms with Crippen molar-refractivity contribution in [3.8, 4) is 0 Å². The van der Waals surface area contributed by atoms with E-state index in [9.17, 15) is 18.0 Å². The Bertz CT molecular complexity index is 632. The van der Waals surface area contributed by atoms with Gasteiger partial charge in [0.15, 0.2) is 0 Å². The summed E-state index contributed by atoms with van der Waals surface area (Å²) in [5.74, 6) is -2.61. The SMILES string of the molecule is O=C(CNc1ccc(F)cc1F)Nc1ccccc1F. The fraction of sp³-hybridized carbons (Fsp3) is 0.0714. The number of amides is 1. The molecule has 0 heterocycles. The smallest absolute Gasteiger partial charge is 0.243 e. The summed E-state index contributed by atoms with van der Waals surface area (Å²) in [7, 11) is 0. The van der Waals surface area contributed by atoms with Gasteiger partial charge in [-0.1, -0.05) is 12.1 Å². The summed E-state index contributed by atoms with van der Waals surface area (Å²) in [5.41, 5.74) is 0.0361. The summed E-state index contributed by atoms with van der Waals surface area (Å²) in [6, 6.07) is 8.65. The Labute approximate surface area is 113 Å². The van der Waals surface area contributed by atoms with Gasteiger partial charge in [-0.15, -0.1) is 0 Å². The third-order valence-corrected chi connectivity index (χ3v) is 2.52.